The van der Waals surface area contributed by atoms with Gasteiger partial charge in [-0.1, -0.05) is 42.1 Å². The molecule has 0 radical (unpaired) electrons. The third-order valence-corrected chi connectivity index (χ3v) is 5.00. The lowest BCUT2D eigenvalue weighted by Crippen LogP contribution is -2.11. The van der Waals surface area contributed by atoms with Crippen LogP contribution in [0.3, 0.4) is 0 Å². The number of carbonyl (C=O) groups is 1. The van der Waals surface area contributed by atoms with Crippen molar-refractivity contribution in [1.29, 1.82) is 0 Å². The van der Waals surface area contributed by atoms with E-state index in [1.807, 2.05) is 60.7 Å². The van der Waals surface area contributed by atoms with Crippen LogP contribution >= 0.6 is 11.8 Å². The van der Waals surface area contributed by atoms with Crippen LogP contribution in [0.4, 0.5) is 5.69 Å². The molecule has 140 valence electrons. The van der Waals surface area contributed by atoms with Crippen LogP contribution < -0.4 is 5.32 Å². The summed E-state index contributed by atoms with van der Waals surface area (Å²) in [6, 6.07) is 20.6. The molecule has 7 nitrogen and oxygen atoms in total. The molecule has 0 aliphatic carbocycles. The third-order valence-electron chi connectivity index (χ3n) is 3.97. The zero-order valence-corrected chi connectivity index (χ0v) is 15.7. The molecule has 4 aromatic rings. The van der Waals surface area contributed by atoms with Gasteiger partial charge in [0.05, 0.1) is 6.26 Å². The van der Waals surface area contributed by atoms with Crippen molar-refractivity contribution in [3.8, 4) is 0 Å². The summed E-state index contributed by atoms with van der Waals surface area (Å²) in [5, 5.41) is 15.4. The Hall–Kier alpha value is -3.39. The van der Waals surface area contributed by atoms with Crippen LogP contribution in [0.2, 0.25) is 0 Å². The van der Waals surface area contributed by atoms with Crippen molar-refractivity contribution < 1.29 is 9.21 Å². The van der Waals surface area contributed by atoms with Gasteiger partial charge in [0.15, 0.2) is 0 Å². The maximum atomic E-state index is 12.5. The van der Waals surface area contributed by atoms with Crippen LogP contribution in [0.25, 0.3) is 0 Å². The second-order valence-corrected chi connectivity index (χ2v) is 6.95. The standard InChI is InChI=1S/C20H17N5O2S/c26-19(21-17-8-2-1-3-9-17)16-7-4-6-15(12-16)14-28-20-22-23-24-25(20)13-18-10-5-11-27-18/h1-12H,13-14H2,(H,21,26). The number of hydrogen-bond acceptors (Lipinski definition) is 6. The van der Waals surface area contributed by atoms with E-state index in [0.29, 0.717) is 23.0 Å². The van der Waals surface area contributed by atoms with E-state index in [0.717, 1.165) is 17.0 Å². The highest BCUT2D eigenvalue weighted by atomic mass is 32.2. The van der Waals surface area contributed by atoms with E-state index in [9.17, 15) is 4.79 Å². The predicted molar refractivity (Wildman–Crippen MR) is 106 cm³/mol. The average Bonchev–Trinajstić information content (AvgIpc) is 3.40. The van der Waals surface area contributed by atoms with Crippen molar-refractivity contribution in [2.45, 2.75) is 17.5 Å². The zero-order chi connectivity index (χ0) is 19.2. The number of furan rings is 1. The Labute approximate surface area is 165 Å². The topological polar surface area (TPSA) is 85.8 Å². The number of nitrogens with one attached hydrogen (secondary N) is 1. The molecule has 0 bridgehead atoms. The minimum atomic E-state index is -0.138. The average molecular weight is 391 g/mol. The first kappa shape index (κ1) is 18.0. The number of tetrazole rings is 1. The first-order valence-corrected chi connectivity index (χ1v) is 9.63. The Bertz CT molecular complexity index is 1050. The Morgan fingerprint density at radius 1 is 1.07 bits per heavy atom. The largest absolute Gasteiger partial charge is 0.467 e. The molecule has 0 saturated carbocycles. The molecule has 0 aliphatic rings. The number of benzene rings is 2. The minimum absolute atomic E-state index is 0.138. The molecule has 0 unspecified atom stereocenters. The number of nitrogens with zero attached hydrogens (tertiary/aromatic N) is 4. The first-order valence-electron chi connectivity index (χ1n) is 8.64. The van der Waals surface area contributed by atoms with Gasteiger partial charge in [-0.05, 0) is 52.4 Å². The summed E-state index contributed by atoms with van der Waals surface area (Å²) in [7, 11) is 0. The maximum absolute atomic E-state index is 12.5. The summed E-state index contributed by atoms with van der Waals surface area (Å²) >= 11 is 1.51. The molecule has 8 heteroatoms. The van der Waals surface area contributed by atoms with Gasteiger partial charge in [-0.3, -0.25) is 4.79 Å². The van der Waals surface area contributed by atoms with Gasteiger partial charge in [0.25, 0.3) is 5.91 Å². The number of hydrogen-bond donors (Lipinski definition) is 1. The van der Waals surface area contributed by atoms with Crippen molar-refractivity contribution in [3.05, 3.63) is 89.9 Å². The summed E-state index contributed by atoms with van der Waals surface area (Å²) in [4.78, 5) is 12.5. The van der Waals surface area contributed by atoms with Gasteiger partial charge in [0, 0.05) is 17.0 Å². The summed E-state index contributed by atoms with van der Waals surface area (Å²) in [6.45, 7) is 0.474. The van der Waals surface area contributed by atoms with Gasteiger partial charge in [-0.2, -0.15) is 0 Å². The highest BCUT2D eigenvalue weighted by Gasteiger charge is 2.11. The highest BCUT2D eigenvalue weighted by molar-refractivity contribution is 7.98. The van der Waals surface area contributed by atoms with Gasteiger partial charge in [-0.15, -0.1) is 5.10 Å². The Balaban J connectivity index is 1.40. The molecule has 28 heavy (non-hydrogen) atoms. The number of carbonyl (C=O) groups excluding carboxylic acids is 1. The molecule has 2 aromatic heterocycles. The van der Waals surface area contributed by atoms with Gasteiger partial charge in [0.2, 0.25) is 5.16 Å². The van der Waals surface area contributed by atoms with Crippen molar-refractivity contribution in [3.63, 3.8) is 0 Å². The van der Waals surface area contributed by atoms with Crippen molar-refractivity contribution in [2.75, 3.05) is 5.32 Å². The maximum Gasteiger partial charge on any atom is 0.255 e. The molecule has 0 aliphatic heterocycles. The number of para-hydroxylation sites is 1. The van der Waals surface area contributed by atoms with Crippen LogP contribution in [-0.4, -0.2) is 26.1 Å². The third kappa shape index (κ3) is 4.47. The molecule has 1 N–H and O–H groups in total. The Kier molecular flexibility index (Phi) is 5.48. The second kappa shape index (κ2) is 8.53. The number of anilines is 1. The number of thioether (sulfide) groups is 1. The van der Waals surface area contributed by atoms with Crippen LogP contribution in [0.1, 0.15) is 21.7 Å². The quantitative estimate of drug-likeness (QED) is 0.482. The number of aromatic nitrogens is 4. The molecule has 0 saturated heterocycles. The second-order valence-electron chi connectivity index (χ2n) is 6.01. The van der Waals surface area contributed by atoms with E-state index in [4.69, 9.17) is 4.42 Å². The summed E-state index contributed by atoms with van der Waals surface area (Å²) in [5.74, 6) is 1.29. The fourth-order valence-corrected chi connectivity index (χ4v) is 3.44. The van der Waals surface area contributed by atoms with Gasteiger partial charge < -0.3 is 9.73 Å². The molecule has 0 spiro atoms. The molecule has 0 atom stereocenters. The summed E-state index contributed by atoms with van der Waals surface area (Å²) < 4.78 is 7.04. The normalized spacial score (nSPS) is 10.7. The minimum Gasteiger partial charge on any atom is -0.467 e. The van der Waals surface area contributed by atoms with E-state index in [-0.39, 0.29) is 5.91 Å². The van der Waals surface area contributed by atoms with E-state index in [2.05, 4.69) is 20.8 Å². The van der Waals surface area contributed by atoms with Gasteiger partial charge in [0.1, 0.15) is 12.3 Å². The van der Waals surface area contributed by atoms with Crippen LogP contribution in [0.5, 0.6) is 0 Å². The lowest BCUT2D eigenvalue weighted by Gasteiger charge is -2.07. The molecule has 0 fully saturated rings. The molecule has 4 rings (SSSR count). The fraction of sp³-hybridized carbons (Fsp3) is 0.100. The molecular formula is C20H17N5O2S. The van der Waals surface area contributed by atoms with Crippen molar-refractivity contribution in [2.24, 2.45) is 0 Å². The van der Waals surface area contributed by atoms with Crippen molar-refractivity contribution in [1.82, 2.24) is 20.2 Å². The Morgan fingerprint density at radius 3 is 2.79 bits per heavy atom. The number of rotatable bonds is 7. The van der Waals surface area contributed by atoms with Crippen molar-refractivity contribution >= 4 is 23.4 Å². The zero-order valence-electron chi connectivity index (χ0n) is 14.9. The lowest BCUT2D eigenvalue weighted by molar-refractivity contribution is 0.102. The first-order chi connectivity index (χ1) is 13.8. The molecule has 2 aromatic carbocycles. The highest BCUT2D eigenvalue weighted by Crippen LogP contribution is 2.21. The van der Waals surface area contributed by atoms with E-state index in [1.54, 1.807) is 17.0 Å². The monoisotopic (exact) mass is 391 g/mol. The Morgan fingerprint density at radius 2 is 1.96 bits per heavy atom. The summed E-state index contributed by atoms with van der Waals surface area (Å²) in [6.07, 6.45) is 1.62. The molecule has 2 heterocycles. The van der Waals surface area contributed by atoms with Crippen LogP contribution in [-0.2, 0) is 12.3 Å². The summed E-state index contributed by atoms with van der Waals surface area (Å²) in [5.41, 5.74) is 2.39. The van der Waals surface area contributed by atoms with E-state index < -0.39 is 0 Å². The van der Waals surface area contributed by atoms with Crippen LogP contribution in [0.15, 0.2) is 82.6 Å². The SMILES string of the molecule is O=C(Nc1ccccc1)c1cccc(CSc2nnnn2Cc2ccco2)c1. The molecule has 1 amide bonds. The lowest BCUT2D eigenvalue weighted by atomic mass is 10.1. The van der Waals surface area contributed by atoms with E-state index >= 15 is 0 Å². The fourth-order valence-electron chi connectivity index (χ4n) is 2.62. The van der Waals surface area contributed by atoms with Gasteiger partial charge in [-0.25, -0.2) is 4.68 Å². The predicted octanol–water partition coefficient (Wildman–Crippen LogP) is 3.86. The van der Waals surface area contributed by atoms with E-state index in [1.165, 1.54) is 11.8 Å². The van der Waals surface area contributed by atoms with Crippen LogP contribution in [0, 0.1) is 0 Å². The smallest absolute Gasteiger partial charge is 0.255 e. The van der Waals surface area contributed by atoms with Gasteiger partial charge >= 0.3 is 0 Å². The molecular weight excluding hydrogens is 374 g/mol. The number of amides is 1.